The van der Waals surface area contributed by atoms with Crippen molar-refractivity contribution >= 4 is 22.7 Å². The maximum Gasteiger partial charge on any atom is 0.112 e. The highest BCUT2D eigenvalue weighted by molar-refractivity contribution is 5.91. The predicted octanol–water partition coefficient (Wildman–Crippen LogP) is 3.64. The Kier molecular flexibility index (Phi) is 5.07. The molecule has 0 spiro atoms. The first-order valence-corrected chi connectivity index (χ1v) is 9.90. The molecule has 0 saturated carbocycles. The van der Waals surface area contributed by atoms with Crippen molar-refractivity contribution in [2.45, 2.75) is 45.6 Å². The van der Waals surface area contributed by atoms with Crippen LogP contribution in [0.25, 0.3) is 16.9 Å². The standard InChI is InChI=1S/C21H29N5/c1-15-7-5-11-20(26-14-23-18-9-3-4-10-19(18)26)25-21(16(15)2)24-17-8-6-12-22-13-17/h3-4,9-11,14-17,22H,5-8,12-13H2,1-2H3,(H,24,25)/b20-11+/t15?,16?,17-/m1/s1. The summed E-state index contributed by atoms with van der Waals surface area (Å²) < 4.78 is 2.16. The van der Waals surface area contributed by atoms with Gasteiger partial charge < -0.3 is 10.6 Å². The van der Waals surface area contributed by atoms with Crippen LogP contribution in [0.2, 0.25) is 0 Å². The molecule has 1 saturated heterocycles. The van der Waals surface area contributed by atoms with E-state index in [4.69, 9.17) is 4.99 Å². The van der Waals surface area contributed by atoms with Crippen molar-refractivity contribution in [1.82, 2.24) is 20.2 Å². The van der Waals surface area contributed by atoms with Crippen LogP contribution in [0.1, 0.15) is 39.5 Å². The Hall–Kier alpha value is -2.14. The summed E-state index contributed by atoms with van der Waals surface area (Å²) >= 11 is 0. The number of para-hydroxylation sites is 2. The van der Waals surface area contributed by atoms with Crippen LogP contribution in [0.15, 0.2) is 41.7 Å². The lowest BCUT2D eigenvalue weighted by molar-refractivity contribution is 0.428. The van der Waals surface area contributed by atoms with Crippen molar-refractivity contribution in [2.75, 3.05) is 13.1 Å². The quantitative estimate of drug-likeness (QED) is 0.868. The number of hydrogen-bond donors (Lipinski definition) is 2. The van der Waals surface area contributed by atoms with Crippen LogP contribution < -0.4 is 10.6 Å². The van der Waals surface area contributed by atoms with Crippen molar-refractivity contribution in [3.63, 3.8) is 0 Å². The van der Waals surface area contributed by atoms with E-state index in [1.54, 1.807) is 0 Å². The zero-order valence-electron chi connectivity index (χ0n) is 15.8. The number of aliphatic imine (C=N–C) groups is 1. The molecule has 2 unspecified atom stereocenters. The van der Waals surface area contributed by atoms with Gasteiger partial charge in [0.15, 0.2) is 0 Å². The van der Waals surface area contributed by atoms with Gasteiger partial charge in [-0.3, -0.25) is 9.56 Å². The van der Waals surface area contributed by atoms with E-state index in [1.165, 1.54) is 19.3 Å². The van der Waals surface area contributed by atoms with Gasteiger partial charge in [-0.2, -0.15) is 0 Å². The van der Waals surface area contributed by atoms with E-state index >= 15 is 0 Å². The second kappa shape index (κ2) is 7.62. The van der Waals surface area contributed by atoms with Crippen LogP contribution >= 0.6 is 0 Å². The van der Waals surface area contributed by atoms with Gasteiger partial charge in [-0.25, -0.2) is 4.98 Å². The zero-order chi connectivity index (χ0) is 17.9. The lowest BCUT2D eigenvalue weighted by Gasteiger charge is -2.29. The molecule has 1 aromatic carbocycles. The molecule has 5 nitrogen and oxygen atoms in total. The van der Waals surface area contributed by atoms with E-state index in [1.807, 2.05) is 12.4 Å². The first-order valence-electron chi connectivity index (χ1n) is 9.90. The van der Waals surface area contributed by atoms with Crippen LogP contribution in [-0.4, -0.2) is 34.5 Å². The van der Waals surface area contributed by atoms with Gasteiger partial charge in [0.25, 0.3) is 0 Å². The molecule has 0 bridgehead atoms. The lowest BCUT2D eigenvalue weighted by atomic mass is 9.89. The first-order chi connectivity index (χ1) is 12.7. The average Bonchev–Trinajstić information content (AvgIpc) is 3.09. The molecule has 1 aromatic heterocycles. The summed E-state index contributed by atoms with van der Waals surface area (Å²) in [6.07, 6.45) is 8.84. The molecule has 3 atom stereocenters. The highest BCUT2D eigenvalue weighted by Crippen LogP contribution is 2.25. The molecule has 2 aliphatic heterocycles. The minimum Gasteiger partial charge on any atom is -0.330 e. The lowest BCUT2D eigenvalue weighted by Crippen LogP contribution is -2.39. The van der Waals surface area contributed by atoms with Gasteiger partial charge in [0, 0.05) is 12.5 Å². The number of hydrogen-bond acceptors (Lipinski definition) is 3. The number of amidine groups is 1. The summed E-state index contributed by atoms with van der Waals surface area (Å²) in [6, 6.07) is 8.66. The van der Waals surface area contributed by atoms with E-state index in [2.05, 4.69) is 58.3 Å². The number of nitrogens with one attached hydrogen (secondary N) is 2. The van der Waals surface area contributed by atoms with Crippen molar-refractivity contribution in [3.05, 3.63) is 36.7 Å². The van der Waals surface area contributed by atoms with Gasteiger partial charge in [0.1, 0.15) is 18.0 Å². The van der Waals surface area contributed by atoms with Crippen molar-refractivity contribution in [3.8, 4) is 0 Å². The maximum absolute atomic E-state index is 5.14. The second-order valence-electron chi connectivity index (χ2n) is 7.68. The molecule has 0 radical (unpaired) electrons. The van der Waals surface area contributed by atoms with E-state index in [0.717, 1.165) is 42.2 Å². The van der Waals surface area contributed by atoms with Crippen LogP contribution in [0.5, 0.6) is 0 Å². The topological polar surface area (TPSA) is 54.2 Å². The Labute approximate surface area is 155 Å². The normalized spacial score (nSPS) is 31.1. The Balaban J connectivity index is 1.68. The van der Waals surface area contributed by atoms with Crippen molar-refractivity contribution < 1.29 is 0 Å². The molecule has 3 heterocycles. The third-order valence-corrected chi connectivity index (χ3v) is 5.81. The monoisotopic (exact) mass is 351 g/mol. The average molecular weight is 351 g/mol. The minimum absolute atomic E-state index is 0.376. The number of benzene rings is 1. The largest absolute Gasteiger partial charge is 0.330 e. The number of rotatable bonds is 2. The Morgan fingerprint density at radius 3 is 2.92 bits per heavy atom. The maximum atomic E-state index is 5.14. The van der Waals surface area contributed by atoms with E-state index < -0.39 is 0 Å². The van der Waals surface area contributed by atoms with E-state index in [0.29, 0.717) is 17.9 Å². The van der Waals surface area contributed by atoms with Gasteiger partial charge in [-0.1, -0.05) is 26.0 Å². The molecular weight excluding hydrogens is 322 g/mol. The zero-order valence-corrected chi connectivity index (χ0v) is 15.8. The molecular formula is C21H29N5. The molecule has 2 aliphatic rings. The summed E-state index contributed by atoms with van der Waals surface area (Å²) in [5.74, 6) is 3.25. The van der Waals surface area contributed by atoms with E-state index in [-0.39, 0.29) is 0 Å². The third kappa shape index (κ3) is 3.54. The van der Waals surface area contributed by atoms with E-state index in [9.17, 15) is 0 Å². The Morgan fingerprint density at radius 1 is 1.19 bits per heavy atom. The molecule has 138 valence electrons. The SMILES string of the molecule is CC1CC/C=C(/n2cnc3ccccc32)NC(=N[C@@H]2CCCNC2)C1C. The highest BCUT2D eigenvalue weighted by Gasteiger charge is 2.24. The summed E-state index contributed by atoms with van der Waals surface area (Å²) in [4.78, 5) is 9.69. The van der Waals surface area contributed by atoms with Gasteiger partial charge in [-0.05, 0) is 56.4 Å². The first kappa shape index (κ1) is 17.3. The van der Waals surface area contributed by atoms with Crippen molar-refractivity contribution in [2.24, 2.45) is 16.8 Å². The summed E-state index contributed by atoms with van der Waals surface area (Å²) in [5.41, 5.74) is 2.15. The number of piperidine rings is 1. The fourth-order valence-electron chi connectivity index (χ4n) is 3.90. The number of aromatic nitrogens is 2. The summed E-state index contributed by atoms with van der Waals surface area (Å²) in [7, 11) is 0. The smallest absolute Gasteiger partial charge is 0.112 e. The fraction of sp³-hybridized carbons (Fsp3) is 0.524. The molecule has 4 rings (SSSR count). The minimum atomic E-state index is 0.376. The Bertz CT molecular complexity index is 813. The van der Waals surface area contributed by atoms with Crippen LogP contribution in [0.3, 0.4) is 0 Å². The highest BCUT2D eigenvalue weighted by atomic mass is 15.2. The predicted molar refractivity (Wildman–Crippen MR) is 108 cm³/mol. The molecule has 0 amide bonds. The van der Waals surface area contributed by atoms with Gasteiger partial charge in [0.05, 0.1) is 17.1 Å². The third-order valence-electron chi connectivity index (χ3n) is 5.81. The fourth-order valence-corrected chi connectivity index (χ4v) is 3.90. The number of fused-ring (bicyclic) bond motifs is 1. The van der Waals surface area contributed by atoms with Gasteiger partial charge in [0.2, 0.25) is 0 Å². The molecule has 2 aromatic rings. The molecule has 1 fully saturated rings. The second-order valence-corrected chi connectivity index (χ2v) is 7.68. The van der Waals surface area contributed by atoms with Crippen LogP contribution in [-0.2, 0) is 0 Å². The van der Waals surface area contributed by atoms with Crippen molar-refractivity contribution in [1.29, 1.82) is 0 Å². The van der Waals surface area contributed by atoms with Gasteiger partial charge >= 0.3 is 0 Å². The Morgan fingerprint density at radius 2 is 2.08 bits per heavy atom. The molecule has 0 aliphatic carbocycles. The molecule has 26 heavy (non-hydrogen) atoms. The molecule has 2 N–H and O–H groups in total. The number of allylic oxidation sites excluding steroid dienone is 1. The molecule has 5 heteroatoms. The van der Waals surface area contributed by atoms with Crippen LogP contribution in [0, 0.1) is 11.8 Å². The number of imidazole rings is 1. The summed E-state index contributed by atoms with van der Waals surface area (Å²) in [5, 5.41) is 7.16. The summed E-state index contributed by atoms with van der Waals surface area (Å²) in [6.45, 7) is 6.75. The van der Waals surface area contributed by atoms with Crippen LogP contribution in [0.4, 0.5) is 0 Å². The number of nitrogens with zero attached hydrogens (tertiary/aromatic N) is 3. The van der Waals surface area contributed by atoms with Gasteiger partial charge in [-0.15, -0.1) is 0 Å².